The summed E-state index contributed by atoms with van der Waals surface area (Å²) in [4.78, 5) is 12.4. The van der Waals surface area contributed by atoms with E-state index in [4.69, 9.17) is 0 Å². The zero-order valence-corrected chi connectivity index (χ0v) is 12.5. The highest BCUT2D eigenvalue weighted by Gasteiger charge is 2.13. The van der Waals surface area contributed by atoms with Gasteiger partial charge >= 0.3 is 0 Å². The Kier molecular flexibility index (Phi) is 3.24. The van der Waals surface area contributed by atoms with Crippen LogP contribution in [0.3, 0.4) is 0 Å². The zero-order chi connectivity index (χ0) is 16.5. The average Bonchev–Trinajstić information content (AvgIpc) is 3.23. The van der Waals surface area contributed by atoms with E-state index in [1.807, 2.05) is 30.3 Å². The normalized spacial score (nSPS) is 10.8. The van der Waals surface area contributed by atoms with Gasteiger partial charge in [0.2, 0.25) is 0 Å². The summed E-state index contributed by atoms with van der Waals surface area (Å²) in [7, 11) is 0. The molecule has 0 spiro atoms. The number of aromatic nitrogens is 4. The Labute approximate surface area is 136 Å². The molecule has 2 aromatic heterocycles. The van der Waals surface area contributed by atoms with Crippen molar-refractivity contribution in [3.8, 4) is 11.4 Å². The summed E-state index contributed by atoms with van der Waals surface area (Å²) in [6.07, 6.45) is 3.16. The second-order valence-corrected chi connectivity index (χ2v) is 5.27. The van der Waals surface area contributed by atoms with Crippen LogP contribution in [0.5, 0.6) is 5.75 Å². The van der Waals surface area contributed by atoms with Crippen molar-refractivity contribution in [2.24, 2.45) is 0 Å². The van der Waals surface area contributed by atoms with Crippen LogP contribution in [0.4, 0.5) is 5.82 Å². The number of aromatic amines is 1. The minimum absolute atomic E-state index is 0.133. The average molecular weight is 319 g/mol. The van der Waals surface area contributed by atoms with Crippen LogP contribution in [0.25, 0.3) is 16.6 Å². The molecule has 4 aromatic rings. The number of fused-ring (bicyclic) bond motifs is 1. The minimum atomic E-state index is -0.307. The van der Waals surface area contributed by atoms with Crippen molar-refractivity contribution in [2.45, 2.75) is 0 Å². The summed E-state index contributed by atoms with van der Waals surface area (Å²) in [6.45, 7) is 0. The fourth-order valence-electron chi connectivity index (χ4n) is 2.44. The van der Waals surface area contributed by atoms with Crippen LogP contribution in [0, 0.1) is 0 Å². The molecule has 0 bridgehead atoms. The van der Waals surface area contributed by atoms with E-state index in [-0.39, 0.29) is 11.7 Å². The fourth-order valence-corrected chi connectivity index (χ4v) is 2.44. The van der Waals surface area contributed by atoms with Crippen LogP contribution in [0.15, 0.2) is 60.9 Å². The molecule has 24 heavy (non-hydrogen) atoms. The number of nitrogens with zero attached hydrogens (tertiary/aromatic N) is 3. The van der Waals surface area contributed by atoms with Gasteiger partial charge < -0.3 is 10.4 Å². The van der Waals surface area contributed by atoms with Crippen LogP contribution < -0.4 is 5.32 Å². The summed E-state index contributed by atoms with van der Waals surface area (Å²) in [6, 6.07) is 14.3. The highest BCUT2D eigenvalue weighted by molar-refractivity contribution is 6.07. The number of aromatic hydroxyl groups is 1. The molecule has 7 heteroatoms. The standard InChI is InChI=1S/C17H13N5O2/c23-13-6-7-14-15(8-13)20-21-16(14)19-17(24)11-9-18-22(10-11)12-4-2-1-3-5-12/h1-10,23H,(H2,19,20,21,24). The Bertz CT molecular complexity index is 1020. The molecule has 7 nitrogen and oxygen atoms in total. The second-order valence-electron chi connectivity index (χ2n) is 5.27. The Morgan fingerprint density at radius 3 is 2.83 bits per heavy atom. The molecule has 2 aromatic carbocycles. The molecule has 0 saturated heterocycles. The molecule has 2 heterocycles. The van der Waals surface area contributed by atoms with Gasteiger partial charge in [-0.2, -0.15) is 10.2 Å². The van der Waals surface area contributed by atoms with Crippen LogP contribution in [-0.4, -0.2) is 31.0 Å². The Morgan fingerprint density at radius 2 is 2.00 bits per heavy atom. The molecular formula is C17H13N5O2. The van der Waals surface area contributed by atoms with Crippen molar-refractivity contribution in [1.29, 1.82) is 0 Å². The molecular weight excluding hydrogens is 306 g/mol. The number of rotatable bonds is 3. The lowest BCUT2D eigenvalue weighted by molar-refractivity contribution is 0.102. The molecule has 0 radical (unpaired) electrons. The lowest BCUT2D eigenvalue weighted by Gasteiger charge is -2.01. The third kappa shape index (κ3) is 2.48. The number of benzene rings is 2. The molecule has 0 aliphatic carbocycles. The number of nitrogens with one attached hydrogen (secondary N) is 2. The number of carbonyl (C=O) groups excluding carboxylic acids is 1. The van der Waals surface area contributed by atoms with Gasteiger partial charge in [0, 0.05) is 17.6 Å². The van der Waals surface area contributed by atoms with E-state index in [0.717, 1.165) is 11.1 Å². The fraction of sp³-hybridized carbons (Fsp3) is 0. The maximum Gasteiger partial charge on any atom is 0.260 e. The van der Waals surface area contributed by atoms with Crippen LogP contribution in [-0.2, 0) is 0 Å². The van der Waals surface area contributed by atoms with E-state index >= 15 is 0 Å². The number of para-hydroxylation sites is 1. The smallest absolute Gasteiger partial charge is 0.260 e. The van der Waals surface area contributed by atoms with Gasteiger partial charge in [-0.1, -0.05) is 18.2 Å². The molecule has 0 aliphatic rings. The number of carbonyl (C=O) groups is 1. The number of H-pyrrole nitrogens is 1. The predicted octanol–water partition coefficient (Wildman–Crippen LogP) is 2.71. The SMILES string of the molecule is O=C(Nc1n[nH]c2cc(O)ccc12)c1cnn(-c2ccccc2)c1. The topological polar surface area (TPSA) is 95.8 Å². The van der Waals surface area contributed by atoms with Gasteiger partial charge in [0.05, 0.1) is 23.0 Å². The van der Waals surface area contributed by atoms with Crippen molar-refractivity contribution >= 4 is 22.6 Å². The van der Waals surface area contributed by atoms with Gasteiger partial charge in [-0.05, 0) is 24.3 Å². The lowest BCUT2D eigenvalue weighted by Crippen LogP contribution is -2.11. The minimum Gasteiger partial charge on any atom is -0.508 e. The summed E-state index contributed by atoms with van der Waals surface area (Å²) in [5.74, 6) is 0.231. The summed E-state index contributed by atoms with van der Waals surface area (Å²) >= 11 is 0. The lowest BCUT2D eigenvalue weighted by atomic mass is 10.2. The summed E-state index contributed by atoms with van der Waals surface area (Å²) in [5, 5.41) is 24.0. The third-order valence-corrected chi connectivity index (χ3v) is 3.64. The molecule has 4 rings (SSSR count). The number of anilines is 1. The van der Waals surface area contributed by atoms with Crippen LogP contribution in [0.1, 0.15) is 10.4 Å². The number of hydrogen-bond donors (Lipinski definition) is 3. The van der Waals surface area contributed by atoms with E-state index in [9.17, 15) is 9.90 Å². The molecule has 0 aliphatic heterocycles. The number of amides is 1. The first-order chi connectivity index (χ1) is 11.7. The Morgan fingerprint density at radius 1 is 1.17 bits per heavy atom. The largest absolute Gasteiger partial charge is 0.508 e. The van der Waals surface area contributed by atoms with Gasteiger partial charge in [0.25, 0.3) is 5.91 Å². The van der Waals surface area contributed by atoms with Crippen molar-refractivity contribution in [3.05, 3.63) is 66.5 Å². The highest BCUT2D eigenvalue weighted by atomic mass is 16.3. The Balaban J connectivity index is 1.59. The van der Waals surface area contributed by atoms with E-state index in [1.54, 1.807) is 29.1 Å². The first-order valence-corrected chi connectivity index (χ1v) is 7.29. The van der Waals surface area contributed by atoms with Gasteiger partial charge in [0.15, 0.2) is 5.82 Å². The number of hydrogen-bond acceptors (Lipinski definition) is 4. The molecule has 0 unspecified atom stereocenters. The molecule has 0 fully saturated rings. The van der Waals surface area contributed by atoms with Crippen molar-refractivity contribution in [3.63, 3.8) is 0 Å². The van der Waals surface area contributed by atoms with E-state index in [2.05, 4.69) is 20.6 Å². The quantitative estimate of drug-likeness (QED) is 0.541. The first kappa shape index (κ1) is 14.0. The van der Waals surface area contributed by atoms with Gasteiger partial charge in [-0.25, -0.2) is 4.68 Å². The monoisotopic (exact) mass is 319 g/mol. The second kappa shape index (κ2) is 5.54. The Hall–Kier alpha value is -3.61. The molecule has 118 valence electrons. The predicted molar refractivity (Wildman–Crippen MR) is 89.3 cm³/mol. The zero-order valence-electron chi connectivity index (χ0n) is 12.5. The number of phenols is 1. The van der Waals surface area contributed by atoms with Gasteiger partial charge in [0.1, 0.15) is 5.75 Å². The molecule has 0 atom stereocenters. The van der Waals surface area contributed by atoms with Crippen LogP contribution >= 0.6 is 0 Å². The maximum absolute atomic E-state index is 12.4. The molecule has 0 saturated carbocycles. The highest BCUT2D eigenvalue weighted by Crippen LogP contribution is 2.24. The van der Waals surface area contributed by atoms with Crippen LogP contribution in [0.2, 0.25) is 0 Å². The summed E-state index contributed by atoms with van der Waals surface area (Å²) in [5.41, 5.74) is 1.94. The van der Waals surface area contributed by atoms with Gasteiger partial charge in [-0.15, -0.1) is 0 Å². The van der Waals surface area contributed by atoms with Crippen molar-refractivity contribution in [1.82, 2.24) is 20.0 Å². The first-order valence-electron chi connectivity index (χ1n) is 7.29. The third-order valence-electron chi connectivity index (χ3n) is 3.64. The van der Waals surface area contributed by atoms with E-state index in [0.29, 0.717) is 16.9 Å². The maximum atomic E-state index is 12.4. The van der Waals surface area contributed by atoms with Crippen molar-refractivity contribution in [2.75, 3.05) is 5.32 Å². The van der Waals surface area contributed by atoms with Gasteiger partial charge in [-0.3, -0.25) is 9.89 Å². The molecule has 1 amide bonds. The van der Waals surface area contributed by atoms with E-state index in [1.165, 1.54) is 6.20 Å². The van der Waals surface area contributed by atoms with E-state index < -0.39 is 0 Å². The summed E-state index contributed by atoms with van der Waals surface area (Å²) < 4.78 is 1.63. The molecule has 3 N–H and O–H groups in total. The van der Waals surface area contributed by atoms with Crippen molar-refractivity contribution < 1.29 is 9.90 Å². The number of phenolic OH excluding ortho intramolecular Hbond substituents is 1.